The summed E-state index contributed by atoms with van der Waals surface area (Å²) >= 11 is 1.70. The van der Waals surface area contributed by atoms with Crippen LogP contribution in [0.15, 0.2) is 47.4 Å². The molecule has 0 atom stereocenters. The van der Waals surface area contributed by atoms with Crippen LogP contribution < -0.4 is 15.2 Å². The first-order valence-corrected chi connectivity index (χ1v) is 7.44. The molecule has 0 saturated carbocycles. The van der Waals surface area contributed by atoms with Gasteiger partial charge in [0.25, 0.3) is 0 Å². The zero-order valence-corrected chi connectivity index (χ0v) is 12.6. The summed E-state index contributed by atoms with van der Waals surface area (Å²) in [6, 6.07) is 13.7. The maximum absolute atomic E-state index is 5.77. The van der Waals surface area contributed by atoms with Crippen molar-refractivity contribution in [3.63, 3.8) is 0 Å². The molecule has 4 heteroatoms. The molecule has 0 unspecified atom stereocenters. The fourth-order valence-corrected chi connectivity index (χ4v) is 2.66. The quantitative estimate of drug-likeness (QED) is 0.499. The van der Waals surface area contributed by atoms with E-state index >= 15 is 0 Å². The van der Waals surface area contributed by atoms with Crippen molar-refractivity contribution in [2.45, 2.75) is 11.8 Å². The Balaban J connectivity index is 1.86. The number of thioether (sulfide) groups is 1. The minimum atomic E-state index is 0.656. The first-order chi connectivity index (χ1) is 9.70. The number of benzene rings is 2. The highest BCUT2D eigenvalue weighted by atomic mass is 32.2. The Morgan fingerprint density at radius 3 is 2.65 bits per heavy atom. The van der Waals surface area contributed by atoms with Crippen molar-refractivity contribution in [3.05, 3.63) is 48.0 Å². The summed E-state index contributed by atoms with van der Waals surface area (Å²) in [7, 11) is 1.66. The van der Waals surface area contributed by atoms with Gasteiger partial charge in [-0.1, -0.05) is 18.2 Å². The van der Waals surface area contributed by atoms with Gasteiger partial charge in [-0.2, -0.15) is 0 Å². The average Bonchev–Trinajstić information content (AvgIpc) is 2.46. The van der Waals surface area contributed by atoms with E-state index in [1.807, 2.05) is 49.4 Å². The summed E-state index contributed by atoms with van der Waals surface area (Å²) in [6.07, 6.45) is 0. The van der Waals surface area contributed by atoms with Crippen molar-refractivity contribution in [1.82, 2.24) is 0 Å². The monoisotopic (exact) mass is 289 g/mol. The predicted octanol–water partition coefficient (Wildman–Crippen LogP) is 3.76. The third-order valence-corrected chi connectivity index (χ3v) is 3.90. The van der Waals surface area contributed by atoms with E-state index in [1.54, 1.807) is 18.9 Å². The molecular weight excluding hydrogens is 270 g/mol. The molecule has 0 aliphatic carbocycles. The van der Waals surface area contributed by atoms with Crippen LogP contribution in [0.2, 0.25) is 0 Å². The Hall–Kier alpha value is -1.81. The molecule has 0 saturated heterocycles. The highest BCUT2D eigenvalue weighted by Crippen LogP contribution is 2.31. The molecule has 0 aliphatic rings. The number of hydrogen-bond donors (Lipinski definition) is 1. The molecule has 0 aromatic heterocycles. The van der Waals surface area contributed by atoms with Crippen LogP contribution in [0.4, 0.5) is 5.69 Å². The number of rotatable bonds is 6. The molecule has 20 heavy (non-hydrogen) atoms. The number of nitrogen functional groups attached to an aromatic ring is 1. The molecule has 0 spiro atoms. The summed E-state index contributed by atoms with van der Waals surface area (Å²) in [5.41, 5.74) is 7.60. The van der Waals surface area contributed by atoms with Gasteiger partial charge in [0.2, 0.25) is 0 Å². The first-order valence-electron chi connectivity index (χ1n) is 6.45. The van der Waals surface area contributed by atoms with Crippen LogP contribution in [-0.2, 0) is 0 Å². The summed E-state index contributed by atoms with van der Waals surface area (Å²) in [4.78, 5) is 1.08. The topological polar surface area (TPSA) is 44.5 Å². The fourth-order valence-electron chi connectivity index (χ4n) is 1.83. The molecule has 0 amide bonds. The lowest BCUT2D eigenvalue weighted by atomic mass is 10.2. The van der Waals surface area contributed by atoms with Crippen molar-refractivity contribution in [3.8, 4) is 11.5 Å². The summed E-state index contributed by atoms with van der Waals surface area (Å²) < 4.78 is 11.1. The molecule has 2 aromatic rings. The second kappa shape index (κ2) is 7.10. The number of hydrogen-bond acceptors (Lipinski definition) is 4. The van der Waals surface area contributed by atoms with Gasteiger partial charge in [0, 0.05) is 22.4 Å². The first kappa shape index (κ1) is 14.6. The molecule has 0 aliphatic heterocycles. The lowest BCUT2D eigenvalue weighted by Crippen LogP contribution is -2.01. The zero-order valence-electron chi connectivity index (χ0n) is 11.8. The van der Waals surface area contributed by atoms with Crippen LogP contribution in [0.25, 0.3) is 0 Å². The van der Waals surface area contributed by atoms with Gasteiger partial charge >= 0.3 is 0 Å². The van der Waals surface area contributed by atoms with Crippen molar-refractivity contribution < 1.29 is 9.47 Å². The Labute approximate surface area is 124 Å². The van der Waals surface area contributed by atoms with Crippen LogP contribution >= 0.6 is 11.8 Å². The summed E-state index contributed by atoms with van der Waals surface area (Å²) in [5.74, 6) is 2.61. The van der Waals surface area contributed by atoms with E-state index < -0.39 is 0 Å². The Kier molecular flexibility index (Phi) is 5.18. The molecule has 0 radical (unpaired) electrons. The van der Waals surface area contributed by atoms with E-state index in [0.717, 1.165) is 27.7 Å². The van der Waals surface area contributed by atoms with Crippen molar-refractivity contribution in [2.24, 2.45) is 0 Å². The SMILES string of the molecule is COc1cc(N)ccc1SCCOc1ccccc1C. The molecule has 2 rings (SSSR count). The van der Waals surface area contributed by atoms with Gasteiger partial charge in [-0.15, -0.1) is 11.8 Å². The zero-order chi connectivity index (χ0) is 14.4. The van der Waals surface area contributed by atoms with E-state index in [-0.39, 0.29) is 0 Å². The van der Waals surface area contributed by atoms with E-state index in [0.29, 0.717) is 12.3 Å². The van der Waals surface area contributed by atoms with Gasteiger partial charge < -0.3 is 15.2 Å². The van der Waals surface area contributed by atoms with E-state index in [1.165, 1.54) is 0 Å². The number of aryl methyl sites for hydroxylation is 1. The molecule has 2 N–H and O–H groups in total. The van der Waals surface area contributed by atoms with Crippen LogP contribution in [0, 0.1) is 6.92 Å². The maximum atomic E-state index is 5.77. The van der Waals surface area contributed by atoms with E-state index in [4.69, 9.17) is 15.2 Å². The third kappa shape index (κ3) is 3.84. The van der Waals surface area contributed by atoms with Crippen molar-refractivity contribution >= 4 is 17.4 Å². The van der Waals surface area contributed by atoms with Gasteiger partial charge in [0.05, 0.1) is 13.7 Å². The average molecular weight is 289 g/mol. The van der Waals surface area contributed by atoms with Crippen LogP contribution in [0.1, 0.15) is 5.56 Å². The van der Waals surface area contributed by atoms with Crippen molar-refractivity contribution in [1.29, 1.82) is 0 Å². The maximum Gasteiger partial charge on any atom is 0.134 e. The second-order valence-corrected chi connectivity index (χ2v) is 5.51. The summed E-state index contributed by atoms with van der Waals surface area (Å²) in [6.45, 7) is 2.70. The normalized spacial score (nSPS) is 10.3. The second-order valence-electron chi connectivity index (χ2n) is 4.37. The van der Waals surface area contributed by atoms with Gasteiger partial charge in [-0.25, -0.2) is 0 Å². The fraction of sp³-hybridized carbons (Fsp3) is 0.250. The van der Waals surface area contributed by atoms with Crippen LogP contribution in [0.5, 0.6) is 11.5 Å². The third-order valence-electron chi connectivity index (χ3n) is 2.88. The number of methoxy groups -OCH3 is 1. The van der Waals surface area contributed by atoms with Crippen LogP contribution in [-0.4, -0.2) is 19.5 Å². The largest absolute Gasteiger partial charge is 0.496 e. The number of ether oxygens (including phenoxy) is 2. The van der Waals surface area contributed by atoms with E-state index in [2.05, 4.69) is 0 Å². The highest BCUT2D eigenvalue weighted by molar-refractivity contribution is 7.99. The van der Waals surface area contributed by atoms with Gasteiger partial charge in [0.1, 0.15) is 11.5 Å². The Morgan fingerprint density at radius 1 is 1.10 bits per heavy atom. The van der Waals surface area contributed by atoms with Crippen LogP contribution in [0.3, 0.4) is 0 Å². The lowest BCUT2D eigenvalue weighted by Gasteiger charge is -2.10. The minimum absolute atomic E-state index is 0.656. The number of nitrogens with two attached hydrogens (primary N) is 1. The molecule has 106 valence electrons. The molecule has 2 aromatic carbocycles. The molecular formula is C16H19NO2S. The highest BCUT2D eigenvalue weighted by Gasteiger charge is 2.04. The van der Waals surface area contributed by atoms with Gasteiger partial charge in [0.15, 0.2) is 0 Å². The smallest absolute Gasteiger partial charge is 0.134 e. The minimum Gasteiger partial charge on any atom is -0.496 e. The molecule has 0 heterocycles. The van der Waals surface area contributed by atoms with Gasteiger partial charge in [-0.3, -0.25) is 0 Å². The number of anilines is 1. The molecule has 0 fully saturated rings. The number of para-hydroxylation sites is 1. The predicted molar refractivity (Wildman–Crippen MR) is 84.8 cm³/mol. The standard InChI is InChI=1S/C16H19NO2S/c1-12-5-3-4-6-14(12)19-9-10-20-16-8-7-13(17)11-15(16)18-2/h3-8,11H,9-10,17H2,1-2H3. The Bertz CT molecular complexity index is 572. The molecule has 3 nitrogen and oxygen atoms in total. The lowest BCUT2D eigenvalue weighted by molar-refractivity contribution is 0.341. The molecule has 0 bridgehead atoms. The van der Waals surface area contributed by atoms with E-state index in [9.17, 15) is 0 Å². The Morgan fingerprint density at radius 2 is 1.90 bits per heavy atom. The van der Waals surface area contributed by atoms with Crippen molar-refractivity contribution in [2.75, 3.05) is 25.2 Å². The summed E-state index contributed by atoms with van der Waals surface area (Å²) in [5, 5.41) is 0. The van der Waals surface area contributed by atoms with Gasteiger partial charge in [-0.05, 0) is 30.7 Å².